The van der Waals surface area contributed by atoms with Gasteiger partial charge < -0.3 is 4.74 Å². The molecule has 15 heavy (non-hydrogen) atoms. The van der Waals surface area contributed by atoms with Gasteiger partial charge in [-0.15, -0.1) is 0 Å². The number of thiophene rings is 1. The van der Waals surface area contributed by atoms with E-state index < -0.39 is 10.0 Å². The first-order valence-corrected chi connectivity index (χ1v) is 7.39. The highest BCUT2D eigenvalue weighted by atomic mass is 32.2. The van der Waals surface area contributed by atoms with Gasteiger partial charge in [-0.3, -0.25) is 4.72 Å². The van der Waals surface area contributed by atoms with Crippen LogP contribution in [-0.4, -0.2) is 26.9 Å². The predicted molar refractivity (Wildman–Crippen MR) is 60.7 cm³/mol. The number of sulfonamides is 1. The quantitative estimate of drug-likeness (QED) is 0.880. The molecule has 1 aliphatic rings. The Hall–Kier alpha value is -0.590. The molecule has 1 aromatic rings. The van der Waals surface area contributed by atoms with Crippen molar-refractivity contribution in [2.45, 2.75) is 18.9 Å². The number of nitrogens with one attached hydrogen (secondary N) is 1. The van der Waals surface area contributed by atoms with Crippen molar-refractivity contribution >= 4 is 27.0 Å². The van der Waals surface area contributed by atoms with E-state index in [0.717, 1.165) is 12.8 Å². The maximum absolute atomic E-state index is 11.7. The molecule has 2 heterocycles. The zero-order chi connectivity index (χ0) is 10.7. The van der Waals surface area contributed by atoms with Gasteiger partial charge in [0.25, 0.3) is 0 Å². The van der Waals surface area contributed by atoms with E-state index in [1.165, 1.54) is 11.3 Å². The molecule has 4 nitrogen and oxygen atoms in total. The van der Waals surface area contributed by atoms with Gasteiger partial charge in [-0.25, -0.2) is 8.42 Å². The third-order valence-corrected chi connectivity index (χ3v) is 4.26. The summed E-state index contributed by atoms with van der Waals surface area (Å²) in [6.45, 7) is 0.679. The van der Waals surface area contributed by atoms with E-state index in [-0.39, 0.29) is 11.9 Å². The Morgan fingerprint density at radius 1 is 1.60 bits per heavy atom. The Bertz CT molecular complexity index is 393. The first-order chi connectivity index (χ1) is 7.16. The molecule has 1 unspecified atom stereocenters. The lowest BCUT2D eigenvalue weighted by Gasteiger charge is -2.10. The average Bonchev–Trinajstić information content (AvgIpc) is 2.75. The summed E-state index contributed by atoms with van der Waals surface area (Å²) in [5.41, 5.74) is 0.637. The second kappa shape index (κ2) is 4.51. The van der Waals surface area contributed by atoms with Gasteiger partial charge in [-0.2, -0.15) is 11.3 Å². The molecule has 6 heteroatoms. The summed E-state index contributed by atoms with van der Waals surface area (Å²) in [5, 5.41) is 3.61. The van der Waals surface area contributed by atoms with Gasteiger partial charge in [0.05, 0.1) is 17.5 Å². The largest absolute Gasteiger partial charge is 0.377 e. The second-order valence-electron chi connectivity index (χ2n) is 3.53. The van der Waals surface area contributed by atoms with Crippen molar-refractivity contribution < 1.29 is 13.2 Å². The predicted octanol–water partition coefficient (Wildman–Crippen LogP) is 1.67. The van der Waals surface area contributed by atoms with Gasteiger partial charge in [-0.05, 0) is 24.3 Å². The first kappa shape index (κ1) is 10.9. The third-order valence-electron chi connectivity index (χ3n) is 2.22. The lowest BCUT2D eigenvalue weighted by molar-refractivity contribution is 0.127. The number of hydrogen-bond donors (Lipinski definition) is 1. The zero-order valence-electron chi connectivity index (χ0n) is 8.18. The average molecular weight is 247 g/mol. The standard InChI is InChI=1S/C9H13NO3S2/c11-15(12,7-9-2-1-4-13-9)10-8-3-5-14-6-8/h3,5-6,9-10H,1-2,4,7H2. The third kappa shape index (κ3) is 3.19. The Balaban J connectivity index is 1.94. The van der Waals surface area contributed by atoms with Crippen molar-refractivity contribution in [2.75, 3.05) is 17.1 Å². The maximum atomic E-state index is 11.7. The molecule has 1 fully saturated rings. The SMILES string of the molecule is O=S(=O)(CC1CCCO1)Nc1ccsc1. The van der Waals surface area contributed by atoms with Crippen LogP contribution < -0.4 is 4.72 Å². The smallest absolute Gasteiger partial charge is 0.235 e. The van der Waals surface area contributed by atoms with E-state index in [9.17, 15) is 8.42 Å². The van der Waals surface area contributed by atoms with E-state index in [1.807, 2.05) is 5.38 Å². The molecule has 0 spiro atoms. The minimum atomic E-state index is -3.26. The molecule has 0 amide bonds. The number of ether oxygens (including phenoxy) is 1. The molecule has 0 saturated carbocycles. The van der Waals surface area contributed by atoms with Crippen molar-refractivity contribution in [3.8, 4) is 0 Å². The molecule has 1 aromatic heterocycles. The molecule has 0 aliphatic carbocycles. The Kier molecular flexibility index (Phi) is 3.28. The molecule has 2 rings (SSSR count). The van der Waals surface area contributed by atoms with E-state index >= 15 is 0 Å². The monoisotopic (exact) mass is 247 g/mol. The van der Waals surface area contributed by atoms with E-state index in [1.54, 1.807) is 11.4 Å². The molecule has 1 N–H and O–H groups in total. The van der Waals surface area contributed by atoms with Crippen molar-refractivity contribution in [2.24, 2.45) is 0 Å². The minimum absolute atomic E-state index is 0.0584. The normalized spacial score (nSPS) is 21.7. The van der Waals surface area contributed by atoms with Crippen LogP contribution in [0.3, 0.4) is 0 Å². The fourth-order valence-corrected chi connectivity index (χ4v) is 3.55. The van der Waals surface area contributed by atoms with Crippen molar-refractivity contribution in [3.63, 3.8) is 0 Å². The second-order valence-corrected chi connectivity index (χ2v) is 6.08. The summed E-state index contributed by atoms with van der Waals surface area (Å²) < 4.78 is 31.2. The number of anilines is 1. The minimum Gasteiger partial charge on any atom is -0.377 e. The number of hydrogen-bond acceptors (Lipinski definition) is 4. The molecular weight excluding hydrogens is 234 g/mol. The van der Waals surface area contributed by atoms with Gasteiger partial charge in [-0.1, -0.05) is 0 Å². The summed E-state index contributed by atoms with van der Waals surface area (Å²) >= 11 is 1.46. The summed E-state index contributed by atoms with van der Waals surface area (Å²) in [5.74, 6) is 0.0584. The molecule has 84 valence electrons. The van der Waals surface area contributed by atoms with Crippen LogP contribution in [0.2, 0.25) is 0 Å². The number of rotatable bonds is 4. The highest BCUT2D eigenvalue weighted by Gasteiger charge is 2.23. The first-order valence-electron chi connectivity index (χ1n) is 4.80. The van der Waals surface area contributed by atoms with Crippen molar-refractivity contribution in [1.29, 1.82) is 0 Å². The molecular formula is C9H13NO3S2. The Morgan fingerprint density at radius 2 is 2.47 bits per heavy atom. The molecule has 1 atom stereocenters. The summed E-state index contributed by atoms with van der Waals surface area (Å²) in [6, 6.07) is 1.75. The van der Waals surface area contributed by atoms with E-state index in [2.05, 4.69) is 4.72 Å². The van der Waals surface area contributed by atoms with Crippen LogP contribution in [0.4, 0.5) is 5.69 Å². The topological polar surface area (TPSA) is 55.4 Å². The van der Waals surface area contributed by atoms with Gasteiger partial charge >= 0.3 is 0 Å². The van der Waals surface area contributed by atoms with Crippen LogP contribution in [0.1, 0.15) is 12.8 Å². The summed E-state index contributed by atoms with van der Waals surface area (Å²) in [4.78, 5) is 0. The summed E-state index contributed by atoms with van der Waals surface area (Å²) in [6.07, 6.45) is 1.66. The van der Waals surface area contributed by atoms with Gasteiger partial charge in [0, 0.05) is 12.0 Å². The highest BCUT2D eigenvalue weighted by Crippen LogP contribution is 2.17. The highest BCUT2D eigenvalue weighted by molar-refractivity contribution is 7.92. The van der Waals surface area contributed by atoms with Crippen molar-refractivity contribution in [1.82, 2.24) is 0 Å². The lowest BCUT2D eigenvalue weighted by Crippen LogP contribution is -2.25. The zero-order valence-corrected chi connectivity index (χ0v) is 9.81. The molecule has 0 radical (unpaired) electrons. The molecule has 0 bridgehead atoms. The summed E-state index contributed by atoms with van der Waals surface area (Å²) in [7, 11) is -3.26. The molecule has 1 aliphatic heterocycles. The van der Waals surface area contributed by atoms with Gasteiger partial charge in [0.15, 0.2) is 0 Å². The fourth-order valence-electron chi connectivity index (χ4n) is 1.56. The molecule has 1 saturated heterocycles. The van der Waals surface area contributed by atoms with Crippen LogP contribution in [-0.2, 0) is 14.8 Å². The van der Waals surface area contributed by atoms with Crippen LogP contribution in [0, 0.1) is 0 Å². The van der Waals surface area contributed by atoms with E-state index in [4.69, 9.17) is 4.74 Å². The van der Waals surface area contributed by atoms with Crippen LogP contribution in [0.15, 0.2) is 16.8 Å². The Labute approximate surface area is 93.3 Å². The van der Waals surface area contributed by atoms with Gasteiger partial charge in [0.1, 0.15) is 0 Å². The van der Waals surface area contributed by atoms with Crippen LogP contribution in [0.5, 0.6) is 0 Å². The van der Waals surface area contributed by atoms with Gasteiger partial charge in [0.2, 0.25) is 10.0 Å². The molecule has 0 aromatic carbocycles. The lowest BCUT2D eigenvalue weighted by atomic mass is 10.3. The van der Waals surface area contributed by atoms with Crippen LogP contribution >= 0.6 is 11.3 Å². The van der Waals surface area contributed by atoms with Crippen LogP contribution in [0.25, 0.3) is 0 Å². The van der Waals surface area contributed by atoms with E-state index in [0.29, 0.717) is 12.3 Å². The Morgan fingerprint density at radius 3 is 3.07 bits per heavy atom. The maximum Gasteiger partial charge on any atom is 0.235 e. The fraction of sp³-hybridized carbons (Fsp3) is 0.556. The van der Waals surface area contributed by atoms with Crippen molar-refractivity contribution in [3.05, 3.63) is 16.8 Å².